The molecule has 4 nitrogen and oxygen atoms in total. The summed E-state index contributed by atoms with van der Waals surface area (Å²) in [6.45, 7) is 1.80. The molecule has 0 radical (unpaired) electrons. The molecule has 0 aliphatic carbocycles. The molecule has 0 unspecified atom stereocenters. The van der Waals surface area contributed by atoms with Gasteiger partial charge in [0, 0.05) is 4.47 Å². The van der Waals surface area contributed by atoms with Gasteiger partial charge >= 0.3 is 0 Å². The van der Waals surface area contributed by atoms with Crippen molar-refractivity contribution in [2.45, 2.75) is 6.92 Å². The van der Waals surface area contributed by atoms with Crippen molar-refractivity contribution in [2.75, 3.05) is 0 Å². The van der Waals surface area contributed by atoms with Crippen molar-refractivity contribution in [3.05, 3.63) is 57.6 Å². The highest BCUT2D eigenvalue weighted by Crippen LogP contribution is 2.31. The summed E-state index contributed by atoms with van der Waals surface area (Å²) in [5.41, 5.74) is 6.67. The topological polar surface area (TPSA) is 67.8 Å². The molecule has 2 aromatic carbocycles. The van der Waals surface area contributed by atoms with Gasteiger partial charge in [-0.3, -0.25) is 0 Å². The summed E-state index contributed by atoms with van der Waals surface area (Å²) in [4.78, 5) is 0. The number of ether oxygens (including phenoxy) is 1. The summed E-state index contributed by atoms with van der Waals surface area (Å²) < 4.78 is 32.8. The zero-order valence-electron chi connectivity index (χ0n) is 10.9. The Balaban J connectivity index is 2.50. The Kier molecular flexibility index (Phi) is 4.42. The maximum atomic E-state index is 13.7. The van der Waals surface area contributed by atoms with Gasteiger partial charge < -0.3 is 15.7 Å². The Morgan fingerprint density at radius 2 is 1.95 bits per heavy atom. The molecule has 0 aromatic heterocycles. The Morgan fingerprint density at radius 3 is 2.62 bits per heavy atom. The SMILES string of the molecule is Cc1ccc(Oc2cc(Br)cc(F)c2F)c(/C(N)=N/O)c1. The number of oxime groups is 1. The second-order valence-electron chi connectivity index (χ2n) is 4.29. The molecule has 3 N–H and O–H groups in total. The van der Waals surface area contributed by atoms with Gasteiger partial charge in [0.15, 0.2) is 17.4 Å². The molecule has 0 bridgehead atoms. The number of benzene rings is 2. The third-order valence-electron chi connectivity index (χ3n) is 2.70. The molecule has 2 aromatic rings. The zero-order chi connectivity index (χ0) is 15.6. The van der Waals surface area contributed by atoms with Crippen LogP contribution in [0.2, 0.25) is 0 Å². The third-order valence-corrected chi connectivity index (χ3v) is 3.16. The molecule has 21 heavy (non-hydrogen) atoms. The molecule has 0 aliphatic rings. The van der Waals surface area contributed by atoms with Crippen molar-refractivity contribution in [3.63, 3.8) is 0 Å². The molecule has 7 heteroatoms. The van der Waals surface area contributed by atoms with E-state index in [4.69, 9.17) is 15.7 Å². The first-order chi connectivity index (χ1) is 9.92. The van der Waals surface area contributed by atoms with Crippen molar-refractivity contribution >= 4 is 21.8 Å². The van der Waals surface area contributed by atoms with Gasteiger partial charge in [-0.25, -0.2) is 4.39 Å². The average Bonchev–Trinajstić information content (AvgIpc) is 2.45. The van der Waals surface area contributed by atoms with Crippen LogP contribution < -0.4 is 10.5 Å². The summed E-state index contributed by atoms with van der Waals surface area (Å²) in [5, 5.41) is 11.7. The molecular weight excluding hydrogens is 346 g/mol. The number of nitrogens with two attached hydrogens (primary N) is 1. The lowest BCUT2D eigenvalue weighted by atomic mass is 10.1. The molecular formula is C14H11BrF2N2O2. The Hall–Kier alpha value is -2.15. The Bertz CT molecular complexity index is 720. The maximum Gasteiger partial charge on any atom is 0.201 e. The van der Waals surface area contributed by atoms with Crippen LogP contribution in [-0.4, -0.2) is 11.0 Å². The van der Waals surface area contributed by atoms with Gasteiger partial charge in [0.25, 0.3) is 0 Å². The van der Waals surface area contributed by atoms with Gasteiger partial charge in [0.2, 0.25) is 5.82 Å². The Labute approximate surface area is 128 Å². The molecule has 0 heterocycles. The molecule has 0 spiro atoms. The van der Waals surface area contributed by atoms with E-state index in [1.54, 1.807) is 19.1 Å². The van der Waals surface area contributed by atoms with Crippen LogP contribution in [0.25, 0.3) is 0 Å². The van der Waals surface area contributed by atoms with Gasteiger partial charge in [-0.1, -0.05) is 32.7 Å². The molecule has 0 saturated heterocycles. The van der Waals surface area contributed by atoms with Crippen LogP contribution in [0.1, 0.15) is 11.1 Å². The normalized spacial score (nSPS) is 11.5. The first-order valence-electron chi connectivity index (χ1n) is 5.83. The molecule has 0 fully saturated rings. The van der Waals surface area contributed by atoms with Crippen LogP contribution in [0.15, 0.2) is 40.0 Å². The highest BCUT2D eigenvalue weighted by Gasteiger charge is 2.15. The number of halogens is 3. The minimum atomic E-state index is -1.12. The maximum absolute atomic E-state index is 13.7. The van der Waals surface area contributed by atoms with Crippen LogP contribution >= 0.6 is 15.9 Å². The quantitative estimate of drug-likeness (QED) is 0.288. The number of rotatable bonds is 3. The van der Waals surface area contributed by atoms with Crippen LogP contribution in [0.5, 0.6) is 11.5 Å². The first-order valence-corrected chi connectivity index (χ1v) is 6.62. The van der Waals surface area contributed by atoms with Gasteiger partial charge in [-0.2, -0.15) is 4.39 Å². The lowest BCUT2D eigenvalue weighted by molar-refractivity contribution is 0.318. The first kappa shape index (κ1) is 15.2. The number of aryl methyl sites for hydroxylation is 1. The number of nitrogens with zero attached hydrogens (tertiary/aromatic N) is 1. The van der Waals surface area contributed by atoms with E-state index in [0.717, 1.165) is 11.6 Å². The summed E-state index contributed by atoms with van der Waals surface area (Å²) in [6.07, 6.45) is 0. The van der Waals surface area contributed by atoms with E-state index in [0.29, 0.717) is 4.47 Å². The fourth-order valence-corrected chi connectivity index (χ4v) is 2.12. The number of hydrogen-bond donors (Lipinski definition) is 2. The molecule has 0 atom stereocenters. The van der Waals surface area contributed by atoms with Crippen LogP contribution in [0.4, 0.5) is 8.78 Å². The highest BCUT2D eigenvalue weighted by molar-refractivity contribution is 9.10. The monoisotopic (exact) mass is 356 g/mol. The lowest BCUT2D eigenvalue weighted by Gasteiger charge is -2.12. The van der Waals surface area contributed by atoms with Crippen molar-refractivity contribution in [3.8, 4) is 11.5 Å². The number of amidine groups is 1. The van der Waals surface area contributed by atoms with Gasteiger partial charge in [-0.05, 0) is 31.2 Å². The fourth-order valence-electron chi connectivity index (χ4n) is 1.71. The summed E-state index contributed by atoms with van der Waals surface area (Å²) in [5.74, 6) is -2.52. The summed E-state index contributed by atoms with van der Waals surface area (Å²) in [6, 6.07) is 7.11. The predicted molar refractivity (Wildman–Crippen MR) is 77.8 cm³/mol. The highest BCUT2D eigenvalue weighted by atomic mass is 79.9. The van der Waals surface area contributed by atoms with Gasteiger partial charge in [0.1, 0.15) is 5.75 Å². The molecule has 0 saturated carbocycles. The van der Waals surface area contributed by atoms with Crippen molar-refractivity contribution in [2.24, 2.45) is 10.9 Å². The van der Waals surface area contributed by atoms with E-state index in [1.807, 2.05) is 0 Å². The van der Waals surface area contributed by atoms with E-state index in [-0.39, 0.29) is 22.9 Å². The van der Waals surface area contributed by atoms with E-state index < -0.39 is 11.6 Å². The standard InChI is InChI=1S/C14H11BrF2N2O2/c1-7-2-3-11(9(4-7)14(18)19-20)21-12-6-8(15)5-10(16)13(12)17/h2-6,20H,1H3,(H2,18,19). The van der Waals surface area contributed by atoms with Crippen molar-refractivity contribution in [1.29, 1.82) is 0 Å². The summed E-state index contributed by atoms with van der Waals surface area (Å²) >= 11 is 3.06. The minimum absolute atomic E-state index is 0.146. The van der Waals surface area contributed by atoms with Gasteiger partial charge in [-0.15, -0.1) is 0 Å². The lowest BCUT2D eigenvalue weighted by Crippen LogP contribution is -2.14. The molecule has 0 aliphatic heterocycles. The summed E-state index contributed by atoms with van der Waals surface area (Å²) in [7, 11) is 0. The van der Waals surface area contributed by atoms with Crippen LogP contribution in [0.3, 0.4) is 0 Å². The van der Waals surface area contributed by atoms with Crippen molar-refractivity contribution in [1.82, 2.24) is 0 Å². The number of hydrogen-bond acceptors (Lipinski definition) is 3. The predicted octanol–water partition coefficient (Wildman–Crippen LogP) is 3.92. The van der Waals surface area contributed by atoms with Crippen LogP contribution in [-0.2, 0) is 0 Å². The molecule has 0 amide bonds. The van der Waals surface area contributed by atoms with E-state index in [2.05, 4.69) is 21.1 Å². The van der Waals surface area contributed by atoms with Gasteiger partial charge in [0.05, 0.1) is 5.56 Å². The largest absolute Gasteiger partial charge is 0.453 e. The second-order valence-corrected chi connectivity index (χ2v) is 5.20. The fraction of sp³-hybridized carbons (Fsp3) is 0.0714. The minimum Gasteiger partial charge on any atom is -0.453 e. The molecule has 2 rings (SSSR count). The van der Waals surface area contributed by atoms with E-state index in [9.17, 15) is 8.78 Å². The molecule has 110 valence electrons. The zero-order valence-corrected chi connectivity index (χ0v) is 12.5. The third kappa shape index (κ3) is 3.30. The Morgan fingerprint density at radius 1 is 1.24 bits per heavy atom. The average molecular weight is 357 g/mol. The van der Waals surface area contributed by atoms with E-state index in [1.165, 1.54) is 12.1 Å². The van der Waals surface area contributed by atoms with Crippen LogP contribution in [0, 0.1) is 18.6 Å². The van der Waals surface area contributed by atoms with E-state index >= 15 is 0 Å². The van der Waals surface area contributed by atoms with Crippen molar-refractivity contribution < 1.29 is 18.7 Å². The smallest absolute Gasteiger partial charge is 0.201 e. The second kappa shape index (κ2) is 6.09.